The summed E-state index contributed by atoms with van der Waals surface area (Å²) in [5.74, 6) is -1.83. The fourth-order valence-electron chi connectivity index (χ4n) is 5.10. The summed E-state index contributed by atoms with van der Waals surface area (Å²) in [6.45, 7) is 0.947. The van der Waals surface area contributed by atoms with Gasteiger partial charge in [-0.3, -0.25) is 4.98 Å². The predicted octanol–water partition coefficient (Wildman–Crippen LogP) is 6.79. The highest BCUT2D eigenvalue weighted by atomic mass is 32.2. The Hall–Kier alpha value is -2.43. The summed E-state index contributed by atoms with van der Waals surface area (Å²) in [5, 5.41) is 10.7. The van der Waals surface area contributed by atoms with Crippen molar-refractivity contribution in [2.75, 3.05) is 39.1 Å². The van der Waals surface area contributed by atoms with Crippen molar-refractivity contribution in [1.82, 2.24) is 9.88 Å². The number of ether oxygens (including phenoxy) is 1. The molecule has 2 aromatic carbocycles. The SMILES string of the molecule is COc1ccc2ncc(CF)c(C(F)CCC3(CO)CCN(CCSc4c(F)cc(F)cc4F)CC3)c2c1. The van der Waals surface area contributed by atoms with Crippen molar-refractivity contribution in [2.24, 2.45) is 5.41 Å². The van der Waals surface area contributed by atoms with E-state index in [0.29, 0.717) is 73.4 Å². The summed E-state index contributed by atoms with van der Waals surface area (Å²) < 4.78 is 75.6. The van der Waals surface area contributed by atoms with E-state index in [1.807, 2.05) is 0 Å². The number of aromatic nitrogens is 1. The molecule has 0 radical (unpaired) electrons. The average Bonchev–Trinajstić information content (AvgIpc) is 2.92. The third kappa shape index (κ3) is 6.40. The first-order valence-corrected chi connectivity index (χ1v) is 13.5. The quantitative estimate of drug-likeness (QED) is 0.209. The number of likely N-dealkylation sites (tertiary alicyclic amines) is 1. The molecule has 4 rings (SSSR count). The number of methoxy groups -OCH3 is 1. The van der Waals surface area contributed by atoms with Crippen LogP contribution in [0.2, 0.25) is 0 Å². The van der Waals surface area contributed by atoms with Gasteiger partial charge in [0.05, 0.1) is 17.5 Å². The van der Waals surface area contributed by atoms with Crippen molar-refractivity contribution in [3.05, 3.63) is 65.1 Å². The van der Waals surface area contributed by atoms with Crippen molar-refractivity contribution in [2.45, 2.75) is 43.4 Å². The van der Waals surface area contributed by atoms with E-state index in [2.05, 4.69) is 9.88 Å². The Morgan fingerprint density at radius 1 is 1.13 bits per heavy atom. The van der Waals surface area contributed by atoms with Crippen LogP contribution in [0.15, 0.2) is 41.4 Å². The molecule has 1 fully saturated rings. The molecule has 0 amide bonds. The number of hydrogen-bond acceptors (Lipinski definition) is 5. The fourth-order valence-corrected chi connectivity index (χ4v) is 6.04. The number of aliphatic hydroxyl groups is 1. The highest BCUT2D eigenvalue weighted by molar-refractivity contribution is 7.99. The fraction of sp³-hybridized carbons (Fsp3) is 0.464. The molecule has 3 aromatic rings. The minimum Gasteiger partial charge on any atom is -0.497 e. The van der Waals surface area contributed by atoms with Crippen LogP contribution < -0.4 is 4.74 Å². The number of halogens is 5. The minimum atomic E-state index is -1.43. The molecule has 38 heavy (non-hydrogen) atoms. The number of alkyl halides is 2. The van der Waals surface area contributed by atoms with Crippen molar-refractivity contribution in [3.63, 3.8) is 0 Å². The summed E-state index contributed by atoms with van der Waals surface area (Å²) in [7, 11) is 1.51. The monoisotopic (exact) mass is 554 g/mol. The first-order valence-electron chi connectivity index (χ1n) is 12.6. The van der Waals surface area contributed by atoms with Crippen LogP contribution in [0.25, 0.3) is 10.9 Å². The molecular weight excluding hydrogens is 523 g/mol. The molecule has 10 heteroatoms. The van der Waals surface area contributed by atoms with Crippen molar-refractivity contribution in [1.29, 1.82) is 0 Å². The van der Waals surface area contributed by atoms with Gasteiger partial charge in [-0.15, -0.1) is 11.8 Å². The second kappa shape index (κ2) is 12.6. The van der Waals surface area contributed by atoms with Gasteiger partial charge in [0.15, 0.2) is 0 Å². The summed E-state index contributed by atoms with van der Waals surface area (Å²) in [4.78, 5) is 6.19. The zero-order valence-corrected chi connectivity index (χ0v) is 22.0. The lowest BCUT2D eigenvalue weighted by molar-refractivity contribution is 0.0322. The number of hydrogen-bond donors (Lipinski definition) is 1. The Morgan fingerprint density at radius 2 is 1.84 bits per heavy atom. The molecule has 206 valence electrons. The van der Waals surface area contributed by atoms with E-state index in [1.54, 1.807) is 18.2 Å². The normalized spacial score (nSPS) is 16.6. The van der Waals surface area contributed by atoms with Gasteiger partial charge in [0, 0.05) is 53.7 Å². The lowest BCUT2D eigenvalue weighted by atomic mass is 9.74. The van der Waals surface area contributed by atoms with Crippen LogP contribution in [0.5, 0.6) is 5.75 Å². The van der Waals surface area contributed by atoms with Gasteiger partial charge in [0.1, 0.15) is 36.0 Å². The summed E-state index contributed by atoms with van der Waals surface area (Å²) in [5.41, 5.74) is 0.584. The number of pyridine rings is 1. The van der Waals surface area contributed by atoms with E-state index in [-0.39, 0.29) is 29.1 Å². The highest BCUT2D eigenvalue weighted by Gasteiger charge is 2.35. The molecule has 2 heterocycles. The van der Waals surface area contributed by atoms with Crippen molar-refractivity contribution in [3.8, 4) is 5.75 Å². The van der Waals surface area contributed by atoms with Crippen LogP contribution in [0.3, 0.4) is 0 Å². The molecule has 1 aromatic heterocycles. The number of benzene rings is 2. The first kappa shape index (κ1) is 28.6. The number of aliphatic hydroxyl groups excluding tert-OH is 1. The highest BCUT2D eigenvalue weighted by Crippen LogP contribution is 2.41. The molecular formula is C28H31F5N2O2S. The summed E-state index contributed by atoms with van der Waals surface area (Å²) in [6.07, 6.45) is 1.78. The largest absolute Gasteiger partial charge is 0.497 e. The maximum atomic E-state index is 15.7. The zero-order chi connectivity index (χ0) is 27.3. The lowest BCUT2D eigenvalue weighted by Gasteiger charge is -2.41. The summed E-state index contributed by atoms with van der Waals surface area (Å²) in [6, 6.07) is 6.45. The summed E-state index contributed by atoms with van der Waals surface area (Å²) >= 11 is 0.998. The van der Waals surface area contributed by atoms with Gasteiger partial charge in [-0.1, -0.05) is 0 Å². The van der Waals surface area contributed by atoms with Crippen molar-refractivity contribution < 1.29 is 31.8 Å². The Kier molecular flexibility index (Phi) is 9.49. The third-order valence-corrected chi connectivity index (χ3v) is 8.52. The van der Waals surface area contributed by atoms with E-state index >= 15 is 4.39 Å². The molecule has 0 aliphatic carbocycles. The van der Waals surface area contributed by atoms with Gasteiger partial charge in [0.25, 0.3) is 0 Å². The maximum Gasteiger partial charge on any atom is 0.142 e. The van der Waals surface area contributed by atoms with E-state index in [1.165, 1.54) is 13.3 Å². The Labute approximate surface area is 223 Å². The zero-order valence-electron chi connectivity index (χ0n) is 21.2. The number of fused-ring (bicyclic) bond motifs is 1. The van der Waals surface area contributed by atoms with Gasteiger partial charge < -0.3 is 14.7 Å². The molecule has 0 bridgehead atoms. The average molecular weight is 555 g/mol. The smallest absolute Gasteiger partial charge is 0.142 e. The second-order valence-electron chi connectivity index (χ2n) is 9.77. The van der Waals surface area contributed by atoms with E-state index in [4.69, 9.17) is 4.74 Å². The molecule has 0 saturated carbocycles. The van der Waals surface area contributed by atoms with Crippen LogP contribution in [0, 0.1) is 22.9 Å². The lowest BCUT2D eigenvalue weighted by Crippen LogP contribution is -2.43. The molecule has 1 aliphatic heterocycles. The molecule has 1 N–H and O–H groups in total. The number of thioether (sulfide) groups is 1. The molecule has 4 nitrogen and oxygen atoms in total. The van der Waals surface area contributed by atoms with Crippen LogP contribution in [0.4, 0.5) is 22.0 Å². The molecule has 1 aliphatic rings. The number of nitrogens with zero attached hydrogens (tertiary/aromatic N) is 2. The van der Waals surface area contributed by atoms with Crippen LogP contribution in [0.1, 0.15) is 43.0 Å². The van der Waals surface area contributed by atoms with Crippen LogP contribution >= 0.6 is 11.8 Å². The predicted molar refractivity (Wildman–Crippen MR) is 138 cm³/mol. The van der Waals surface area contributed by atoms with Crippen molar-refractivity contribution >= 4 is 22.7 Å². The van der Waals surface area contributed by atoms with Crippen LogP contribution in [-0.4, -0.2) is 54.1 Å². The Bertz CT molecular complexity index is 1230. The Morgan fingerprint density at radius 3 is 2.47 bits per heavy atom. The van der Waals surface area contributed by atoms with E-state index < -0.39 is 35.7 Å². The minimum absolute atomic E-state index is 0.0881. The van der Waals surface area contributed by atoms with E-state index in [0.717, 1.165) is 11.8 Å². The molecule has 1 saturated heterocycles. The molecule has 1 atom stereocenters. The maximum absolute atomic E-state index is 15.7. The number of rotatable bonds is 11. The second-order valence-corrected chi connectivity index (χ2v) is 10.9. The van der Waals surface area contributed by atoms with Gasteiger partial charge >= 0.3 is 0 Å². The Balaban J connectivity index is 1.35. The van der Waals surface area contributed by atoms with Crippen LogP contribution in [-0.2, 0) is 6.67 Å². The number of piperidine rings is 1. The first-order chi connectivity index (χ1) is 18.3. The van der Waals surface area contributed by atoms with Gasteiger partial charge in [-0.25, -0.2) is 22.0 Å². The molecule has 0 spiro atoms. The standard InChI is InChI=1S/C28H31F5N2O2S/c1-37-20-2-3-25-21(14-20)26(18(15-29)16-34-25)22(31)4-5-28(17-36)6-8-35(9-7-28)10-11-38-27-23(32)12-19(30)13-24(27)33/h2-3,12-14,16,22,36H,4-11,15,17H2,1H3. The van der Waals surface area contributed by atoms with E-state index in [9.17, 15) is 22.7 Å². The van der Waals surface area contributed by atoms with Gasteiger partial charge in [-0.05, 0) is 62.4 Å². The topological polar surface area (TPSA) is 45.6 Å². The van der Waals surface area contributed by atoms with Gasteiger partial charge in [-0.2, -0.15) is 0 Å². The van der Waals surface area contributed by atoms with Gasteiger partial charge in [0.2, 0.25) is 0 Å². The molecule has 1 unspecified atom stereocenters. The third-order valence-electron chi connectivity index (χ3n) is 7.45.